The van der Waals surface area contributed by atoms with Crippen LogP contribution in [-0.4, -0.2) is 55.4 Å². The summed E-state index contributed by atoms with van der Waals surface area (Å²) in [5, 5.41) is 8.93. The minimum atomic E-state index is -0.931. The minimum Gasteiger partial charge on any atom is -0.494 e. The molecule has 0 bridgehead atoms. The number of aromatic carboxylic acids is 1. The van der Waals surface area contributed by atoms with Crippen molar-refractivity contribution in [3.05, 3.63) is 29.8 Å². The molecule has 5 nitrogen and oxygen atoms in total. The van der Waals surface area contributed by atoms with Crippen LogP contribution in [0.15, 0.2) is 24.3 Å². The zero-order chi connectivity index (χ0) is 15.1. The van der Waals surface area contributed by atoms with Gasteiger partial charge in [0.05, 0.1) is 12.2 Å². The third-order valence-corrected chi connectivity index (χ3v) is 3.82. The van der Waals surface area contributed by atoms with Crippen molar-refractivity contribution in [3.63, 3.8) is 0 Å². The third-order valence-electron chi connectivity index (χ3n) is 3.82. The normalized spacial score (nSPS) is 16.1. The monoisotopic (exact) mass is 293 g/mol. The van der Waals surface area contributed by atoms with Crippen molar-refractivity contribution in [3.8, 4) is 5.75 Å². The summed E-state index contributed by atoms with van der Waals surface area (Å²) in [6, 6.07) is 7.22. The van der Waals surface area contributed by atoms with Crippen molar-refractivity contribution in [2.24, 2.45) is 0 Å². The van der Waals surface area contributed by atoms with E-state index in [1.165, 1.54) is 0 Å². The first-order valence-corrected chi connectivity index (χ1v) is 7.41. The molecule has 21 heavy (non-hydrogen) atoms. The lowest BCUT2D eigenvalue weighted by Gasteiger charge is -2.31. The second-order valence-electron chi connectivity index (χ2n) is 5.36. The summed E-state index contributed by atoms with van der Waals surface area (Å²) in [4.78, 5) is 13.2. The van der Waals surface area contributed by atoms with Crippen LogP contribution in [0.25, 0.3) is 0 Å². The van der Waals surface area contributed by atoms with Crippen LogP contribution in [0.5, 0.6) is 5.75 Å². The maximum absolute atomic E-state index is 10.9. The molecule has 1 aromatic carbocycles. The zero-order valence-electron chi connectivity index (χ0n) is 12.5. The van der Waals surface area contributed by atoms with Crippen molar-refractivity contribution < 1.29 is 19.4 Å². The van der Waals surface area contributed by atoms with Gasteiger partial charge in [-0.15, -0.1) is 0 Å². The van der Waals surface area contributed by atoms with Crippen molar-refractivity contribution in [2.45, 2.75) is 25.3 Å². The molecule has 1 aliphatic rings. The molecule has 0 radical (unpaired) electrons. The molecule has 1 fully saturated rings. The fourth-order valence-electron chi connectivity index (χ4n) is 2.53. The first-order chi connectivity index (χ1) is 10.2. The first-order valence-electron chi connectivity index (χ1n) is 7.41. The molecule has 2 rings (SSSR count). The molecule has 0 saturated carbocycles. The molecule has 5 heteroatoms. The Hall–Kier alpha value is -1.59. The number of hydrogen-bond acceptors (Lipinski definition) is 4. The quantitative estimate of drug-likeness (QED) is 0.781. The van der Waals surface area contributed by atoms with Crippen LogP contribution < -0.4 is 4.74 Å². The van der Waals surface area contributed by atoms with Crippen molar-refractivity contribution in [2.75, 3.05) is 33.4 Å². The number of ether oxygens (including phenoxy) is 2. The van der Waals surface area contributed by atoms with Gasteiger partial charge in [-0.1, -0.05) is 6.07 Å². The van der Waals surface area contributed by atoms with Gasteiger partial charge in [0.25, 0.3) is 0 Å². The molecule has 1 heterocycles. The van der Waals surface area contributed by atoms with Crippen molar-refractivity contribution >= 4 is 5.97 Å². The molecule has 0 aromatic heterocycles. The van der Waals surface area contributed by atoms with E-state index in [1.807, 2.05) is 0 Å². The van der Waals surface area contributed by atoms with Gasteiger partial charge >= 0.3 is 5.97 Å². The standard InChI is InChI=1S/C16H23NO4/c1-17(14-6-10-20-11-7-14)8-3-9-21-15-5-2-4-13(12-15)16(18)19/h2,4-5,12,14H,3,6-11H2,1H3,(H,18,19). The Kier molecular flexibility index (Phi) is 6.02. The summed E-state index contributed by atoms with van der Waals surface area (Å²) in [6.45, 7) is 3.28. The van der Waals surface area contributed by atoms with Gasteiger partial charge in [0.2, 0.25) is 0 Å². The van der Waals surface area contributed by atoms with Crippen LogP contribution in [-0.2, 0) is 4.74 Å². The van der Waals surface area contributed by atoms with Crippen molar-refractivity contribution in [1.82, 2.24) is 4.90 Å². The molecule has 1 aliphatic heterocycles. The molecule has 116 valence electrons. The SMILES string of the molecule is CN(CCCOc1cccc(C(=O)O)c1)C1CCOCC1. The second-order valence-corrected chi connectivity index (χ2v) is 5.36. The average Bonchev–Trinajstić information content (AvgIpc) is 2.52. The van der Waals surface area contributed by atoms with Gasteiger partial charge in [-0.05, 0) is 44.5 Å². The summed E-state index contributed by atoms with van der Waals surface area (Å²) >= 11 is 0. The van der Waals surface area contributed by atoms with Gasteiger partial charge in [-0.3, -0.25) is 0 Å². The highest BCUT2D eigenvalue weighted by Gasteiger charge is 2.17. The van der Waals surface area contributed by atoms with Crippen LogP contribution in [0, 0.1) is 0 Å². The lowest BCUT2D eigenvalue weighted by molar-refractivity contribution is 0.0417. The number of nitrogens with zero attached hydrogens (tertiary/aromatic N) is 1. The maximum Gasteiger partial charge on any atom is 0.335 e. The van der Waals surface area contributed by atoms with E-state index in [-0.39, 0.29) is 5.56 Å². The summed E-state index contributed by atoms with van der Waals surface area (Å²) in [7, 11) is 2.14. The fraction of sp³-hybridized carbons (Fsp3) is 0.562. The Labute approximate surface area is 125 Å². The van der Waals surface area contributed by atoms with Crippen LogP contribution in [0.2, 0.25) is 0 Å². The molecule has 1 N–H and O–H groups in total. The summed E-state index contributed by atoms with van der Waals surface area (Å²) in [6.07, 6.45) is 3.11. The zero-order valence-corrected chi connectivity index (χ0v) is 12.5. The predicted molar refractivity (Wildman–Crippen MR) is 80.0 cm³/mol. The first kappa shape index (κ1) is 15.8. The molecule has 0 unspecified atom stereocenters. The summed E-state index contributed by atoms with van der Waals surface area (Å²) in [5.41, 5.74) is 0.256. The smallest absolute Gasteiger partial charge is 0.335 e. The van der Waals surface area contributed by atoms with Crippen LogP contribution in [0.3, 0.4) is 0 Å². The van der Waals surface area contributed by atoms with Crippen LogP contribution in [0.4, 0.5) is 0 Å². The Morgan fingerprint density at radius 2 is 2.19 bits per heavy atom. The Balaban J connectivity index is 1.69. The molecule has 0 aliphatic carbocycles. The van der Waals surface area contributed by atoms with E-state index in [4.69, 9.17) is 14.6 Å². The van der Waals surface area contributed by atoms with Gasteiger partial charge in [0.15, 0.2) is 0 Å². The van der Waals surface area contributed by atoms with Gasteiger partial charge in [0.1, 0.15) is 5.75 Å². The van der Waals surface area contributed by atoms with Gasteiger partial charge < -0.3 is 19.5 Å². The highest BCUT2D eigenvalue weighted by atomic mass is 16.5. The van der Waals surface area contributed by atoms with E-state index in [2.05, 4.69) is 11.9 Å². The number of carboxylic acid groups (broad SMARTS) is 1. The average molecular weight is 293 g/mol. The lowest BCUT2D eigenvalue weighted by atomic mass is 10.1. The van der Waals surface area contributed by atoms with E-state index in [1.54, 1.807) is 24.3 Å². The number of carbonyl (C=O) groups is 1. The molecule has 1 saturated heterocycles. The molecular formula is C16H23NO4. The van der Waals surface area contributed by atoms with Crippen LogP contribution in [0.1, 0.15) is 29.6 Å². The minimum absolute atomic E-state index is 0.256. The molecular weight excluding hydrogens is 270 g/mol. The van der Waals surface area contributed by atoms with E-state index in [0.29, 0.717) is 18.4 Å². The van der Waals surface area contributed by atoms with Crippen LogP contribution >= 0.6 is 0 Å². The number of carboxylic acids is 1. The predicted octanol–water partition coefficient (Wildman–Crippen LogP) is 2.26. The molecule has 0 atom stereocenters. The molecule has 0 amide bonds. The van der Waals surface area contributed by atoms with E-state index >= 15 is 0 Å². The van der Waals surface area contributed by atoms with E-state index < -0.39 is 5.97 Å². The Bertz CT molecular complexity index is 457. The Morgan fingerprint density at radius 1 is 1.43 bits per heavy atom. The maximum atomic E-state index is 10.9. The lowest BCUT2D eigenvalue weighted by Crippen LogP contribution is -2.37. The largest absolute Gasteiger partial charge is 0.494 e. The van der Waals surface area contributed by atoms with Gasteiger partial charge in [-0.25, -0.2) is 4.79 Å². The fourth-order valence-corrected chi connectivity index (χ4v) is 2.53. The second kappa shape index (κ2) is 8.00. The Morgan fingerprint density at radius 3 is 2.90 bits per heavy atom. The highest BCUT2D eigenvalue weighted by Crippen LogP contribution is 2.15. The van der Waals surface area contributed by atoms with E-state index in [9.17, 15) is 4.79 Å². The van der Waals surface area contributed by atoms with Crippen molar-refractivity contribution in [1.29, 1.82) is 0 Å². The highest BCUT2D eigenvalue weighted by molar-refractivity contribution is 5.87. The topological polar surface area (TPSA) is 59.0 Å². The number of rotatable bonds is 7. The van der Waals surface area contributed by atoms with Gasteiger partial charge in [0, 0.05) is 25.8 Å². The van der Waals surface area contributed by atoms with E-state index in [0.717, 1.165) is 39.0 Å². The number of hydrogen-bond donors (Lipinski definition) is 1. The third kappa shape index (κ3) is 5.02. The van der Waals surface area contributed by atoms with Gasteiger partial charge in [-0.2, -0.15) is 0 Å². The molecule has 0 spiro atoms. The number of benzene rings is 1. The summed E-state index contributed by atoms with van der Waals surface area (Å²) in [5.74, 6) is -0.316. The molecule has 1 aromatic rings. The summed E-state index contributed by atoms with van der Waals surface area (Å²) < 4.78 is 11.0.